The summed E-state index contributed by atoms with van der Waals surface area (Å²) in [6, 6.07) is 21.7. The van der Waals surface area contributed by atoms with Crippen LogP contribution in [0.1, 0.15) is 69.1 Å². The molecule has 6 rings (SSSR count). The summed E-state index contributed by atoms with van der Waals surface area (Å²) >= 11 is 10.1. The minimum Gasteiger partial charge on any atom is -0.464 e. The molecule has 0 atom stereocenters. The Kier molecular flexibility index (Phi) is 142. The summed E-state index contributed by atoms with van der Waals surface area (Å²) in [6.07, 6.45) is 15.1. The van der Waals surface area contributed by atoms with Gasteiger partial charge in [-0.2, -0.15) is 14.1 Å². The van der Waals surface area contributed by atoms with E-state index in [0.29, 0.717) is 35.5 Å². The Morgan fingerprint density at radius 2 is 0.671 bits per heavy atom. The molecule has 6 radical (unpaired) electrons. The van der Waals surface area contributed by atoms with Gasteiger partial charge in [0.2, 0.25) is 23.6 Å². The molecule has 4 amide bonds. The number of carbonyl (C=O) groups excluding carboxylic acids is 4. The van der Waals surface area contributed by atoms with Gasteiger partial charge in [-0.15, -0.1) is 0 Å². The molecule has 2 heterocycles. The Morgan fingerprint density at radius 1 is 0.543 bits per heavy atom. The van der Waals surface area contributed by atoms with Crippen LogP contribution in [0.5, 0.6) is 0 Å². The molecule has 0 spiro atoms. The predicted octanol–water partition coefficient (Wildman–Crippen LogP) is 5.10. The average Bonchev–Trinajstić information content (AvgIpc) is 3.27. The third kappa shape index (κ3) is 52.2. The molecule has 27 heteroatoms. The summed E-state index contributed by atoms with van der Waals surface area (Å²) in [4.78, 5) is 52.8. The van der Waals surface area contributed by atoms with Crippen LogP contribution < -0.4 is 130 Å². The molecule has 2 N–H and O–H groups in total. The van der Waals surface area contributed by atoms with Crippen molar-refractivity contribution in [2.45, 2.75) is 27.7 Å². The minimum atomic E-state index is -0.339. The Morgan fingerprint density at radius 3 is 0.786 bits per heavy atom. The van der Waals surface area contributed by atoms with Crippen molar-refractivity contribution in [3.05, 3.63) is 160 Å². The summed E-state index contributed by atoms with van der Waals surface area (Å²) in [6.45, 7) is 8.00. The number of nitrogens with one attached hydrogen (secondary N) is 2. The Hall–Kier alpha value is 6.10. The maximum absolute atomic E-state index is 11.9. The molecule has 4 aromatic rings. The van der Waals surface area contributed by atoms with Gasteiger partial charge in [-0.1, -0.05) is 76.2 Å². The van der Waals surface area contributed by atoms with E-state index in [1.54, 1.807) is 34.1 Å². The standard InChI is InChI=1S/2C13H8NO2.2C3H8N.C2H4S2.C2H5S.2C2H6.2CH4N.CH3S.I3.2Rb.2Re.2Rf.2Ta.2Tb/c2*1-14-12(15)9-6-2-4-8-5-3-7-10(11(8)9)13(14)16;2*1-4(2)3;1-3-4-2;1-3-2;5*1-2;1-3-2;;;;;;;;;;/h2*2-7H,1H2;2*1H2,2-3H3;1-2H2;1H2,2H3;2*1-2H3;2*2H,1H3;2H,1H2;;;;;;;;;;;/q4*-1;-2;-1;;;4*-1;2*+1;;;;;2*+2;;. The second kappa shape index (κ2) is 83.9. The van der Waals surface area contributed by atoms with Crippen LogP contribution in [-0.4, -0.2) is 91.8 Å². The topological polar surface area (TPSA) is 129 Å². The SMILES string of the molecule is CC.CC.C[NH-].C[NH-].I[I-]I.[CH2-]N(C)C.[CH2-]N(C)C.[CH2-]N1C(=O)c2cccc3cccc(c23)C1=O.[CH2-]N1C(=O)c2cccc3cccc(c23)C1=O.[CH2-]S.[CH2-]SC.[CH2-]SS[CH2-].[Rb+].[Rb+].[Re].[Re].[Rf].[Rf].[Ta+2].[Ta+2].[Tb].[Tb]. The summed E-state index contributed by atoms with van der Waals surface area (Å²) in [7, 11) is 26.8. The quantitative estimate of drug-likeness (QED) is 0.0912. The summed E-state index contributed by atoms with van der Waals surface area (Å²) in [5, 5.41) is 3.29. The molecule has 2 aliphatic rings. The van der Waals surface area contributed by atoms with Crippen LogP contribution in [-0.2, 0) is 85.6 Å². The van der Waals surface area contributed by atoms with Crippen LogP contribution in [0, 0.1) is 130 Å². The average molecular weight is 3000 g/mol. The molecule has 0 fully saturated rings. The van der Waals surface area contributed by atoms with Gasteiger partial charge >= 0.3 is 212 Å². The maximum Gasteiger partial charge on any atom is 2.00 e. The molecule has 388 valence electrons. The van der Waals surface area contributed by atoms with Crippen LogP contribution >= 0.6 is 83.2 Å². The predicted molar refractivity (Wildman–Crippen MR) is 288 cm³/mol. The van der Waals surface area contributed by atoms with Crippen LogP contribution in [0.15, 0.2) is 72.8 Å². The number of imide groups is 2. The van der Waals surface area contributed by atoms with Crippen molar-refractivity contribution in [2.24, 2.45) is 0 Å². The third-order valence-corrected chi connectivity index (χ3v) is 6.46. The third-order valence-electron chi connectivity index (χ3n) is 5.79. The molecule has 0 aromatic heterocycles. The number of halogens is 3. The van der Waals surface area contributed by atoms with Crippen molar-refractivity contribution in [1.82, 2.24) is 19.6 Å². The van der Waals surface area contributed by atoms with Crippen LogP contribution in [0.4, 0.5) is 0 Å². The van der Waals surface area contributed by atoms with E-state index in [2.05, 4.69) is 103 Å². The fourth-order valence-corrected chi connectivity index (χ4v) is 4.16. The number of benzene rings is 4. The molecule has 10 nitrogen and oxygen atoms in total. The van der Waals surface area contributed by atoms with Crippen LogP contribution in [0.25, 0.3) is 33.0 Å². The van der Waals surface area contributed by atoms with Crippen LogP contribution in [0.3, 0.4) is 0 Å². The van der Waals surface area contributed by atoms with Crippen molar-refractivity contribution in [1.29, 1.82) is 0 Å². The van der Waals surface area contributed by atoms with Crippen molar-refractivity contribution in [3.8, 4) is 0 Å². The van der Waals surface area contributed by atoms with E-state index >= 15 is 0 Å². The molecule has 2 aliphatic heterocycles. The molecule has 0 bridgehead atoms. The van der Waals surface area contributed by atoms with Gasteiger partial charge in [-0.3, -0.25) is 58.3 Å². The number of rotatable bonds is 1. The normalized spacial score (nSPS) is 9.17. The van der Waals surface area contributed by atoms with E-state index in [9.17, 15) is 19.2 Å². The van der Waals surface area contributed by atoms with Crippen molar-refractivity contribution < 1.29 is 312 Å². The van der Waals surface area contributed by atoms with E-state index in [1.165, 1.54) is 47.4 Å². The number of hydrogen-bond donors (Lipinski definition) is 1. The first kappa shape index (κ1) is 119. The molecule has 0 unspecified atom stereocenters. The first-order valence-corrected chi connectivity index (χ1v) is 34.4. The molecule has 0 aliphatic carbocycles. The second-order valence-corrected chi connectivity index (χ2v) is 28.9. The first-order chi connectivity index (χ1) is 28.6. The number of nitrogens with zero attached hydrogens (tertiary/aromatic N) is 4. The Labute approximate surface area is 679 Å². The zero-order valence-corrected chi connectivity index (χ0v) is 91.1. The smallest absolute Gasteiger partial charge is 0.464 e. The number of amides is 4. The van der Waals surface area contributed by atoms with Crippen molar-refractivity contribution >= 4 is 128 Å². The van der Waals surface area contributed by atoms with E-state index < -0.39 is 0 Å². The summed E-state index contributed by atoms with van der Waals surface area (Å²) < 4.78 is 0. The van der Waals surface area contributed by atoms with Gasteiger partial charge in [0.1, 0.15) is 0 Å². The van der Waals surface area contributed by atoms with Gasteiger partial charge in [-0.25, -0.2) is 14.1 Å². The monoisotopic (exact) mass is 2990 g/mol. The maximum atomic E-state index is 11.9. The van der Waals surface area contributed by atoms with Gasteiger partial charge in [0.25, 0.3) is 0 Å². The van der Waals surface area contributed by atoms with Crippen LogP contribution in [0.2, 0.25) is 0 Å². The Balaban J connectivity index is -0.0000000361. The molecular formula is C43H64I3N6O4Rb2Re2Rf2S4Ta2Tb2-5. The number of thioether (sulfide) groups is 1. The zero-order chi connectivity index (χ0) is 48.6. The summed E-state index contributed by atoms with van der Waals surface area (Å²) in [5.74, 6) is -1.35. The van der Waals surface area contributed by atoms with Crippen molar-refractivity contribution in [3.63, 3.8) is 0 Å². The van der Waals surface area contributed by atoms with E-state index in [0.717, 1.165) is 31.3 Å². The van der Waals surface area contributed by atoms with Gasteiger partial charge in [0.05, 0.1) is 0 Å². The minimum absolute atomic E-state index is 0. The van der Waals surface area contributed by atoms with Gasteiger partial charge < -0.3 is 77.0 Å². The second-order valence-electron chi connectivity index (χ2n) is 10.2. The van der Waals surface area contributed by atoms with E-state index in [4.69, 9.17) is 11.5 Å². The van der Waals surface area contributed by atoms with E-state index in [1.807, 2.05) is 111 Å². The number of carbonyl (C=O) groups is 4. The molecule has 4 aromatic carbocycles. The van der Waals surface area contributed by atoms with E-state index in [-0.39, 0.29) is 303 Å². The molecule has 0 saturated heterocycles. The summed E-state index contributed by atoms with van der Waals surface area (Å²) in [5.41, 5.74) is 13.7. The largest absolute Gasteiger partial charge is 2.00 e. The van der Waals surface area contributed by atoms with Crippen molar-refractivity contribution in [2.75, 3.05) is 48.5 Å². The molecular weight excluding hydrogens is 2930 g/mol. The zero-order valence-electron chi connectivity index (χ0n) is 42.5. The Bertz CT molecular complexity index is 1540. The fraction of sp³-hybridized carbons (Fsp3) is 0.256. The number of hydrogen-bond acceptors (Lipinski definition) is 10. The fourth-order valence-electron chi connectivity index (χ4n) is 4.16. The van der Waals surface area contributed by atoms with Gasteiger partial charge in [0, 0.05) is 151 Å². The first-order valence-electron chi connectivity index (χ1n) is 17.3. The molecule has 70 heavy (non-hydrogen) atoms. The number of thiol groups is 1. The molecule has 0 saturated carbocycles. The van der Waals surface area contributed by atoms with Gasteiger partial charge in [-0.05, 0) is 69.5 Å². The van der Waals surface area contributed by atoms with Gasteiger partial charge in [0.15, 0.2) is 0 Å².